The van der Waals surface area contributed by atoms with Crippen molar-refractivity contribution in [3.05, 3.63) is 24.2 Å². The van der Waals surface area contributed by atoms with Crippen molar-refractivity contribution in [1.82, 2.24) is 5.32 Å². The van der Waals surface area contributed by atoms with Gasteiger partial charge in [-0.1, -0.05) is 32.1 Å². The van der Waals surface area contributed by atoms with Crippen molar-refractivity contribution in [3.8, 4) is 0 Å². The molecule has 1 heterocycles. The van der Waals surface area contributed by atoms with E-state index < -0.39 is 0 Å². The van der Waals surface area contributed by atoms with Gasteiger partial charge in [0.25, 0.3) is 0 Å². The van der Waals surface area contributed by atoms with Crippen LogP contribution in [0.25, 0.3) is 0 Å². The highest BCUT2D eigenvalue weighted by Crippen LogP contribution is 2.17. The van der Waals surface area contributed by atoms with E-state index in [9.17, 15) is 0 Å². The SMILES string of the molecule is c1coc(CCNC2CCCCCCC2)c1. The van der Waals surface area contributed by atoms with E-state index >= 15 is 0 Å². The van der Waals surface area contributed by atoms with Gasteiger partial charge in [-0.05, 0) is 25.0 Å². The van der Waals surface area contributed by atoms with E-state index in [0.29, 0.717) is 0 Å². The minimum atomic E-state index is 0.746. The molecule has 2 heteroatoms. The second kappa shape index (κ2) is 6.74. The lowest BCUT2D eigenvalue weighted by Gasteiger charge is -2.20. The van der Waals surface area contributed by atoms with E-state index in [-0.39, 0.29) is 0 Å². The summed E-state index contributed by atoms with van der Waals surface area (Å²) in [6.07, 6.45) is 12.6. The van der Waals surface area contributed by atoms with Crippen molar-refractivity contribution in [2.45, 2.75) is 57.4 Å². The van der Waals surface area contributed by atoms with Gasteiger partial charge in [0, 0.05) is 19.0 Å². The Kier molecular flexibility index (Phi) is 4.94. The van der Waals surface area contributed by atoms with Gasteiger partial charge >= 0.3 is 0 Å². The molecule has 16 heavy (non-hydrogen) atoms. The normalized spacial score (nSPS) is 19.2. The lowest BCUT2D eigenvalue weighted by atomic mass is 9.97. The topological polar surface area (TPSA) is 25.2 Å². The Morgan fingerprint density at radius 3 is 2.56 bits per heavy atom. The zero-order valence-corrected chi connectivity index (χ0v) is 10.1. The first-order chi connectivity index (χ1) is 7.95. The second-order valence-corrected chi connectivity index (χ2v) is 4.83. The first-order valence-corrected chi connectivity index (χ1v) is 6.71. The summed E-state index contributed by atoms with van der Waals surface area (Å²) < 4.78 is 5.33. The molecule has 0 atom stereocenters. The van der Waals surface area contributed by atoms with E-state index in [1.165, 1.54) is 44.9 Å². The monoisotopic (exact) mass is 221 g/mol. The van der Waals surface area contributed by atoms with Crippen LogP contribution in [0, 0.1) is 0 Å². The third kappa shape index (κ3) is 4.01. The molecule has 1 aliphatic rings. The zero-order chi connectivity index (χ0) is 11.1. The highest BCUT2D eigenvalue weighted by molar-refractivity contribution is 4.98. The van der Waals surface area contributed by atoms with Gasteiger partial charge in [-0.3, -0.25) is 0 Å². The van der Waals surface area contributed by atoms with Crippen molar-refractivity contribution in [2.75, 3.05) is 6.54 Å². The Morgan fingerprint density at radius 1 is 1.12 bits per heavy atom. The van der Waals surface area contributed by atoms with E-state index in [1.807, 2.05) is 6.07 Å². The number of rotatable bonds is 4. The first kappa shape index (κ1) is 11.7. The fraction of sp³-hybridized carbons (Fsp3) is 0.714. The number of hydrogen-bond acceptors (Lipinski definition) is 2. The van der Waals surface area contributed by atoms with Crippen LogP contribution in [0.1, 0.15) is 50.7 Å². The quantitative estimate of drug-likeness (QED) is 0.841. The van der Waals surface area contributed by atoms with Gasteiger partial charge in [-0.15, -0.1) is 0 Å². The average Bonchev–Trinajstić information content (AvgIpc) is 2.73. The number of furan rings is 1. The van der Waals surface area contributed by atoms with E-state index in [4.69, 9.17) is 4.42 Å². The lowest BCUT2D eigenvalue weighted by Crippen LogP contribution is -2.31. The largest absolute Gasteiger partial charge is 0.469 e. The molecule has 90 valence electrons. The molecule has 2 rings (SSSR count). The van der Waals surface area contributed by atoms with Crippen LogP contribution in [-0.4, -0.2) is 12.6 Å². The number of hydrogen-bond donors (Lipinski definition) is 1. The summed E-state index contributed by atoms with van der Waals surface area (Å²) in [5.41, 5.74) is 0. The molecule has 1 saturated carbocycles. The molecule has 1 N–H and O–H groups in total. The van der Waals surface area contributed by atoms with Crippen LogP contribution < -0.4 is 5.32 Å². The van der Waals surface area contributed by atoms with Gasteiger partial charge < -0.3 is 9.73 Å². The van der Waals surface area contributed by atoms with Gasteiger partial charge in [-0.25, -0.2) is 0 Å². The second-order valence-electron chi connectivity index (χ2n) is 4.83. The molecule has 2 nitrogen and oxygen atoms in total. The molecular weight excluding hydrogens is 198 g/mol. The van der Waals surface area contributed by atoms with Crippen molar-refractivity contribution >= 4 is 0 Å². The lowest BCUT2D eigenvalue weighted by molar-refractivity contribution is 0.386. The summed E-state index contributed by atoms with van der Waals surface area (Å²) in [5.74, 6) is 1.10. The predicted octanol–water partition coefficient (Wildman–Crippen LogP) is 3.52. The minimum Gasteiger partial charge on any atom is -0.469 e. The molecule has 0 amide bonds. The van der Waals surface area contributed by atoms with Crippen LogP contribution in [0.2, 0.25) is 0 Å². The van der Waals surface area contributed by atoms with E-state index in [1.54, 1.807) is 6.26 Å². The summed E-state index contributed by atoms with van der Waals surface area (Å²) in [6, 6.07) is 4.76. The summed E-state index contributed by atoms with van der Waals surface area (Å²) in [6.45, 7) is 1.05. The third-order valence-electron chi connectivity index (χ3n) is 3.49. The Bertz CT molecular complexity index is 260. The Balaban J connectivity index is 1.64. The maximum absolute atomic E-state index is 5.33. The minimum absolute atomic E-state index is 0.746. The maximum Gasteiger partial charge on any atom is 0.105 e. The number of nitrogens with one attached hydrogen (secondary N) is 1. The maximum atomic E-state index is 5.33. The van der Waals surface area contributed by atoms with Crippen molar-refractivity contribution in [1.29, 1.82) is 0 Å². The van der Waals surface area contributed by atoms with Gasteiger partial charge in [0.2, 0.25) is 0 Å². The molecule has 1 aromatic rings. The summed E-state index contributed by atoms with van der Waals surface area (Å²) in [5, 5.41) is 3.67. The molecule has 0 aromatic carbocycles. The highest BCUT2D eigenvalue weighted by atomic mass is 16.3. The van der Waals surface area contributed by atoms with Crippen molar-refractivity contribution in [2.24, 2.45) is 0 Å². The van der Waals surface area contributed by atoms with Crippen molar-refractivity contribution in [3.63, 3.8) is 0 Å². The van der Waals surface area contributed by atoms with Crippen LogP contribution in [0.3, 0.4) is 0 Å². The molecular formula is C14H23NO. The van der Waals surface area contributed by atoms with Crippen LogP contribution in [0.5, 0.6) is 0 Å². The Hall–Kier alpha value is -0.760. The van der Waals surface area contributed by atoms with Crippen LogP contribution >= 0.6 is 0 Å². The molecule has 0 bridgehead atoms. The third-order valence-corrected chi connectivity index (χ3v) is 3.49. The standard InChI is InChI=1S/C14H23NO/c1-2-4-7-13(8-5-3-1)15-11-10-14-9-6-12-16-14/h6,9,12-13,15H,1-5,7-8,10-11H2. The predicted molar refractivity (Wildman–Crippen MR) is 66.5 cm³/mol. The molecule has 1 aliphatic carbocycles. The molecule has 0 radical (unpaired) electrons. The fourth-order valence-corrected chi connectivity index (χ4v) is 2.51. The molecule has 0 saturated heterocycles. The Labute approximate surface area is 98.4 Å². The van der Waals surface area contributed by atoms with E-state index in [2.05, 4.69) is 11.4 Å². The molecule has 1 aromatic heterocycles. The summed E-state index contributed by atoms with van der Waals surface area (Å²) in [4.78, 5) is 0. The van der Waals surface area contributed by atoms with Gasteiger partial charge in [0.15, 0.2) is 0 Å². The summed E-state index contributed by atoms with van der Waals surface area (Å²) >= 11 is 0. The summed E-state index contributed by atoms with van der Waals surface area (Å²) in [7, 11) is 0. The molecule has 1 fully saturated rings. The highest BCUT2D eigenvalue weighted by Gasteiger charge is 2.10. The van der Waals surface area contributed by atoms with Crippen molar-refractivity contribution < 1.29 is 4.42 Å². The molecule has 0 unspecified atom stereocenters. The van der Waals surface area contributed by atoms with Gasteiger partial charge in [0.1, 0.15) is 5.76 Å². The van der Waals surface area contributed by atoms with Crippen LogP contribution in [0.4, 0.5) is 0 Å². The zero-order valence-electron chi connectivity index (χ0n) is 10.1. The van der Waals surface area contributed by atoms with Crippen LogP contribution in [0.15, 0.2) is 22.8 Å². The fourth-order valence-electron chi connectivity index (χ4n) is 2.51. The molecule has 0 aliphatic heterocycles. The molecule has 0 spiro atoms. The van der Waals surface area contributed by atoms with Crippen LogP contribution in [-0.2, 0) is 6.42 Å². The smallest absolute Gasteiger partial charge is 0.105 e. The van der Waals surface area contributed by atoms with Gasteiger partial charge in [-0.2, -0.15) is 0 Å². The van der Waals surface area contributed by atoms with Gasteiger partial charge in [0.05, 0.1) is 6.26 Å². The van der Waals surface area contributed by atoms with E-state index in [0.717, 1.165) is 24.8 Å². The average molecular weight is 221 g/mol. The first-order valence-electron chi connectivity index (χ1n) is 6.71. The Morgan fingerprint density at radius 2 is 1.88 bits per heavy atom.